The van der Waals surface area contributed by atoms with Crippen LogP contribution in [-0.2, 0) is 18.3 Å². The summed E-state index contributed by atoms with van der Waals surface area (Å²) in [5, 5.41) is 2.83. The van der Waals surface area contributed by atoms with Gasteiger partial charge in [-0.15, -0.1) is 0 Å². The summed E-state index contributed by atoms with van der Waals surface area (Å²) < 4.78 is 2.03. The minimum Gasteiger partial charge on any atom is -0.356 e. The van der Waals surface area contributed by atoms with E-state index in [0.717, 1.165) is 27.4 Å². The lowest BCUT2D eigenvalue weighted by atomic mass is 10.1. The van der Waals surface area contributed by atoms with Crippen molar-refractivity contribution in [3.8, 4) is 0 Å². The standard InChI is InChI=1S/C18H22N2OS/c1-5-19-16(21)11-15-10-13(3)17(20(15)4)18(22)14-8-6-12(2)7-9-14/h6-10H,5,11H2,1-4H3,(H,19,21). The molecule has 4 heteroatoms. The highest BCUT2D eigenvalue weighted by molar-refractivity contribution is 7.81. The molecule has 0 unspecified atom stereocenters. The van der Waals surface area contributed by atoms with Gasteiger partial charge in [-0.1, -0.05) is 42.0 Å². The van der Waals surface area contributed by atoms with Gasteiger partial charge in [-0.3, -0.25) is 4.79 Å². The number of aromatic nitrogens is 1. The van der Waals surface area contributed by atoms with Crippen LogP contribution in [0.3, 0.4) is 0 Å². The number of benzene rings is 1. The van der Waals surface area contributed by atoms with Crippen LogP contribution < -0.4 is 5.32 Å². The van der Waals surface area contributed by atoms with Crippen LogP contribution in [0.25, 0.3) is 0 Å². The Balaban J connectivity index is 2.31. The quantitative estimate of drug-likeness (QED) is 0.680. The molecular weight excluding hydrogens is 292 g/mol. The first-order valence-electron chi connectivity index (χ1n) is 7.47. The highest BCUT2D eigenvalue weighted by atomic mass is 32.1. The Labute approximate surface area is 137 Å². The Kier molecular flexibility index (Phi) is 5.14. The van der Waals surface area contributed by atoms with Gasteiger partial charge < -0.3 is 9.88 Å². The largest absolute Gasteiger partial charge is 0.356 e. The minimum atomic E-state index is 0.0379. The van der Waals surface area contributed by atoms with Crippen LogP contribution in [0.4, 0.5) is 0 Å². The average molecular weight is 314 g/mol. The third-order valence-electron chi connectivity index (χ3n) is 3.77. The first-order valence-corrected chi connectivity index (χ1v) is 7.88. The first-order chi connectivity index (χ1) is 10.4. The lowest BCUT2D eigenvalue weighted by Crippen LogP contribution is -2.25. The number of likely N-dealkylation sites (N-methyl/N-ethyl adjacent to an activating group) is 1. The van der Waals surface area contributed by atoms with Crippen molar-refractivity contribution in [3.63, 3.8) is 0 Å². The van der Waals surface area contributed by atoms with Crippen molar-refractivity contribution in [1.82, 2.24) is 9.88 Å². The van der Waals surface area contributed by atoms with E-state index in [1.165, 1.54) is 5.56 Å². The second kappa shape index (κ2) is 6.88. The van der Waals surface area contributed by atoms with E-state index < -0.39 is 0 Å². The van der Waals surface area contributed by atoms with Crippen LogP contribution in [0, 0.1) is 13.8 Å². The molecule has 0 saturated heterocycles. The predicted molar refractivity (Wildman–Crippen MR) is 94.5 cm³/mol. The lowest BCUT2D eigenvalue weighted by Gasteiger charge is -2.10. The van der Waals surface area contributed by atoms with Gasteiger partial charge in [-0.2, -0.15) is 0 Å². The first kappa shape index (κ1) is 16.4. The molecule has 0 atom stereocenters. The van der Waals surface area contributed by atoms with Gasteiger partial charge in [0, 0.05) is 19.3 Å². The summed E-state index contributed by atoms with van der Waals surface area (Å²) in [6.45, 7) is 6.67. The summed E-state index contributed by atoms with van der Waals surface area (Å²) in [6.07, 6.45) is 0.377. The van der Waals surface area contributed by atoms with Crippen molar-refractivity contribution in [3.05, 3.63) is 58.4 Å². The molecule has 2 aromatic rings. The summed E-state index contributed by atoms with van der Waals surface area (Å²) >= 11 is 5.66. The number of hydrogen-bond donors (Lipinski definition) is 1. The van der Waals surface area contributed by atoms with E-state index in [1.807, 2.05) is 43.7 Å². The van der Waals surface area contributed by atoms with Crippen LogP contribution in [0.2, 0.25) is 0 Å². The van der Waals surface area contributed by atoms with Crippen LogP contribution in [0.1, 0.15) is 35.0 Å². The molecular formula is C18H22N2OS. The molecule has 0 radical (unpaired) electrons. The van der Waals surface area contributed by atoms with Crippen LogP contribution >= 0.6 is 12.2 Å². The zero-order valence-electron chi connectivity index (χ0n) is 13.6. The van der Waals surface area contributed by atoms with Gasteiger partial charge in [-0.25, -0.2) is 0 Å². The van der Waals surface area contributed by atoms with Gasteiger partial charge in [0.05, 0.1) is 17.0 Å². The van der Waals surface area contributed by atoms with E-state index in [9.17, 15) is 4.79 Å². The zero-order valence-corrected chi connectivity index (χ0v) is 14.4. The summed E-state index contributed by atoms with van der Waals surface area (Å²) in [4.78, 5) is 12.6. The van der Waals surface area contributed by atoms with E-state index in [0.29, 0.717) is 13.0 Å². The van der Waals surface area contributed by atoms with Crippen molar-refractivity contribution < 1.29 is 4.79 Å². The van der Waals surface area contributed by atoms with Gasteiger partial charge in [0.1, 0.15) is 0 Å². The number of thiocarbonyl (C=S) groups is 1. The SMILES string of the molecule is CCNC(=O)Cc1cc(C)c(C(=S)c2ccc(C)cc2)n1C. The Morgan fingerprint density at radius 1 is 1.23 bits per heavy atom. The molecule has 2 rings (SSSR count). The number of amides is 1. The monoisotopic (exact) mass is 314 g/mol. The molecule has 0 fully saturated rings. The number of carbonyl (C=O) groups excluding carboxylic acids is 1. The summed E-state index contributed by atoms with van der Waals surface area (Å²) in [6, 6.07) is 10.3. The van der Waals surface area contributed by atoms with E-state index in [2.05, 4.69) is 24.4 Å². The third-order valence-corrected chi connectivity index (χ3v) is 4.20. The van der Waals surface area contributed by atoms with E-state index in [-0.39, 0.29) is 5.91 Å². The van der Waals surface area contributed by atoms with E-state index >= 15 is 0 Å². The molecule has 0 aliphatic carbocycles. The van der Waals surface area contributed by atoms with Crippen molar-refractivity contribution >= 4 is 23.0 Å². The fraction of sp³-hybridized carbons (Fsp3) is 0.333. The van der Waals surface area contributed by atoms with Gasteiger partial charge in [-0.05, 0) is 38.0 Å². The number of nitrogens with one attached hydrogen (secondary N) is 1. The fourth-order valence-electron chi connectivity index (χ4n) is 2.59. The molecule has 22 heavy (non-hydrogen) atoms. The summed E-state index contributed by atoms with van der Waals surface area (Å²) in [5.41, 5.74) is 5.35. The molecule has 1 N–H and O–H groups in total. The Bertz CT molecular complexity index is 699. The lowest BCUT2D eigenvalue weighted by molar-refractivity contribution is -0.120. The average Bonchev–Trinajstić information content (AvgIpc) is 2.73. The molecule has 0 spiro atoms. The van der Waals surface area contributed by atoms with Gasteiger partial charge >= 0.3 is 0 Å². The van der Waals surface area contributed by atoms with Crippen molar-refractivity contribution in [2.75, 3.05) is 6.54 Å². The molecule has 0 saturated carbocycles. The zero-order chi connectivity index (χ0) is 16.3. The molecule has 116 valence electrons. The number of aryl methyl sites for hydroxylation is 2. The highest BCUT2D eigenvalue weighted by Crippen LogP contribution is 2.20. The van der Waals surface area contributed by atoms with Gasteiger partial charge in [0.25, 0.3) is 0 Å². The number of rotatable bonds is 5. The van der Waals surface area contributed by atoms with Crippen LogP contribution in [0.15, 0.2) is 30.3 Å². The van der Waals surface area contributed by atoms with Crippen molar-refractivity contribution in [2.45, 2.75) is 27.2 Å². The second-order valence-electron chi connectivity index (χ2n) is 5.55. The Morgan fingerprint density at radius 2 is 1.86 bits per heavy atom. The molecule has 1 aromatic carbocycles. The van der Waals surface area contributed by atoms with E-state index in [4.69, 9.17) is 12.2 Å². The third kappa shape index (κ3) is 3.45. The second-order valence-corrected chi connectivity index (χ2v) is 5.96. The Hall–Kier alpha value is -1.94. The molecule has 0 aliphatic rings. The maximum Gasteiger partial charge on any atom is 0.225 e. The normalized spacial score (nSPS) is 10.5. The predicted octanol–water partition coefficient (Wildman–Crippen LogP) is 3.09. The Morgan fingerprint density at radius 3 is 2.45 bits per heavy atom. The molecule has 1 aromatic heterocycles. The topological polar surface area (TPSA) is 34.0 Å². The summed E-state index contributed by atoms with van der Waals surface area (Å²) in [7, 11) is 1.97. The number of carbonyl (C=O) groups is 1. The fourth-order valence-corrected chi connectivity index (χ4v) is 3.02. The van der Waals surface area contributed by atoms with Gasteiger partial charge in [0.2, 0.25) is 5.91 Å². The number of hydrogen-bond acceptors (Lipinski definition) is 2. The molecule has 1 amide bonds. The molecule has 3 nitrogen and oxygen atoms in total. The van der Waals surface area contributed by atoms with Gasteiger partial charge in [0.15, 0.2) is 0 Å². The highest BCUT2D eigenvalue weighted by Gasteiger charge is 2.16. The molecule has 0 aliphatic heterocycles. The van der Waals surface area contributed by atoms with Crippen LogP contribution in [0.5, 0.6) is 0 Å². The molecule has 1 heterocycles. The van der Waals surface area contributed by atoms with Crippen molar-refractivity contribution in [1.29, 1.82) is 0 Å². The van der Waals surface area contributed by atoms with Crippen LogP contribution in [-0.4, -0.2) is 21.9 Å². The maximum atomic E-state index is 11.8. The van der Waals surface area contributed by atoms with Crippen molar-refractivity contribution in [2.24, 2.45) is 7.05 Å². The smallest absolute Gasteiger partial charge is 0.225 e. The van der Waals surface area contributed by atoms with E-state index in [1.54, 1.807) is 0 Å². The maximum absolute atomic E-state index is 11.8. The summed E-state index contributed by atoms with van der Waals surface area (Å²) in [5.74, 6) is 0.0379. The molecule has 0 bridgehead atoms. The number of nitrogens with zero attached hydrogens (tertiary/aromatic N) is 1. The minimum absolute atomic E-state index is 0.0379.